The molecule has 1 aliphatic heterocycles. The van der Waals surface area contributed by atoms with E-state index in [1.807, 2.05) is 24.4 Å². The standard InChI is InChI=1S/C19H25N5O2.HI/c1-20-19(24-10-8-15(9-11-24)18(25)26-2)22-13-17-21-12-16(23-17)14-6-4-3-5-7-14;/h3-7,12,15H,8-11,13H2,1-2H3,(H,20,22)(H,21,23);1H. The van der Waals surface area contributed by atoms with E-state index in [0.717, 1.165) is 49.0 Å². The Labute approximate surface area is 176 Å². The molecular formula is C19H26IN5O2. The van der Waals surface area contributed by atoms with E-state index in [9.17, 15) is 4.79 Å². The van der Waals surface area contributed by atoms with Crippen LogP contribution in [0.25, 0.3) is 11.3 Å². The Hall–Kier alpha value is -2.10. The fourth-order valence-corrected chi connectivity index (χ4v) is 3.21. The predicted octanol–water partition coefficient (Wildman–Crippen LogP) is 2.66. The Kier molecular flexibility index (Phi) is 8.08. The molecule has 0 spiro atoms. The molecular weight excluding hydrogens is 457 g/mol. The summed E-state index contributed by atoms with van der Waals surface area (Å²) in [5.74, 6) is 1.56. The predicted molar refractivity (Wildman–Crippen MR) is 116 cm³/mol. The Morgan fingerprint density at radius 2 is 2.04 bits per heavy atom. The van der Waals surface area contributed by atoms with Crippen LogP contribution in [0.3, 0.4) is 0 Å². The monoisotopic (exact) mass is 483 g/mol. The van der Waals surface area contributed by atoms with Gasteiger partial charge in [0.2, 0.25) is 0 Å². The van der Waals surface area contributed by atoms with Gasteiger partial charge in [0.05, 0.1) is 31.5 Å². The largest absolute Gasteiger partial charge is 0.469 e. The average Bonchev–Trinajstić information content (AvgIpc) is 3.18. The van der Waals surface area contributed by atoms with Gasteiger partial charge in [-0.1, -0.05) is 30.3 Å². The van der Waals surface area contributed by atoms with Crippen molar-refractivity contribution in [2.75, 3.05) is 27.2 Å². The second-order valence-electron chi connectivity index (χ2n) is 6.29. The molecule has 7 nitrogen and oxygen atoms in total. The summed E-state index contributed by atoms with van der Waals surface area (Å²) in [5.41, 5.74) is 2.11. The van der Waals surface area contributed by atoms with Crippen LogP contribution in [-0.4, -0.2) is 54.0 Å². The molecule has 0 amide bonds. The second kappa shape index (κ2) is 10.3. The number of esters is 1. The lowest BCUT2D eigenvalue weighted by Crippen LogP contribution is -2.46. The maximum atomic E-state index is 11.6. The number of rotatable bonds is 4. The molecule has 0 radical (unpaired) electrons. The van der Waals surface area contributed by atoms with Gasteiger partial charge in [-0.05, 0) is 18.4 Å². The molecule has 0 unspecified atom stereocenters. The van der Waals surface area contributed by atoms with Crippen molar-refractivity contribution in [3.63, 3.8) is 0 Å². The summed E-state index contributed by atoms with van der Waals surface area (Å²) in [4.78, 5) is 25.9. The number of imidazole rings is 1. The number of methoxy groups -OCH3 is 1. The van der Waals surface area contributed by atoms with Gasteiger partial charge in [0.1, 0.15) is 5.82 Å². The molecule has 1 aromatic heterocycles. The van der Waals surface area contributed by atoms with Crippen LogP contribution < -0.4 is 5.32 Å². The van der Waals surface area contributed by atoms with Crippen molar-refractivity contribution in [2.24, 2.45) is 10.9 Å². The van der Waals surface area contributed by atoms with Crippen LogP contribution in [0.1, 0.15) is 18.7 Å². The van der Waals surface area contributed by atoms with Gasteiger partial charge in [-0.2, -0.15) is 0 Å². The van der Waals surface area contributed by atoms with Gasteiger partial charge in [-0.3, -0.25) is 9.79 Å². The number of nitrogens with zero attached hydrogens (tertiary/aromatic N) is 3. The van der Waals surface area contributed by atoms with E-state index in [-0.39, 0.29) is 35.9 Å². The topological polar surface area (TPSA) is 82.6 Å². The van der Waals surface area contributed by atoms with Gasteiger partial charge >= 0.3 is 5.97 Å². The first-order valence-electron chi connectivity index (χ1n) is 8.84. The zero-order valence-electron chi connectivity index (χ0n) is 15.6. The van der Waals surface area contributed by atoms with Gasteiger partial charge in [-0.25, -0.2) is 4.98 Å². The molecule has 1 aromatic carbocycles. The summed E-state index contributed by atoms with van der Waals surface area (Å²) in [6, 6.07) is 10.1. The molecule has 3 rings (SSSR count). The van der Waals surface area contributed by atoms with E-state index in [1.54, 1.807) is 7.05 Å². The number of ether oxygens (including phenoxy) is 1. The highest BCUT2D eigenvalue weighted by Gasteiger charge is 2.26. The Bertz CT molecular complexity index is 754. The Morgan fingerprint density at radius 3 is 2.67 bits per heavy atom. The van der Waals surface area contributed by atoms with Crippen LogP contribution >= 0.6 is 24.0 Å². The maximum Gasteiger partial charge on any atom is 0.308 e. The molecule has 2 aromatic rings. The van der Waals surface area contributed by atoms with Crippen molar-refractivity contribution < 1.29 is 9.53 Å². The van der Waals surface area contributed by atoms with Crippen molar-refractivity contribution >= 4 is 35.9 Å². The van der Waals surface area contributed by atoms with Crippen LogP contribution in [0.4, 0.5) is 0 Å². The molecule has 0 atom stereocenters. The number of guanidine groups is 1. The summed E-state index contributed by atoms with van der Waals surface area (Å²) < 4.78 is 4.84. The number of piperidine rings is 1. The number of likely N-dealkylation sites (tertiary alicyclic amines) is 1. The van der Waals surface area contributed by atoms with Gasteiger partial charge in [0, 0.05) is 20.1 Å². The summed E-state index contributed by atoms with van der Waals surface area (Å²) in [6.07, 6.45) is 3.41. The fraction of sp³-hybridized carbons (Fsp3) is 0.421. The quantitative estimate of drug-likeness (QED) is 0.303. The highest BCUT2D eigenvalue weighted by atomic mass is 127. The third kappa shape index (κ3) is 5.44. The summed E-state index contributed by atoms with van der Waals surface area (Å²) >= 11 is 0. The molecule has 2 heterocycles. The summed E-state index contributed by atoms with van der Waals surface area (Å²) in [6.45, 7) is 2.14. The lowest BCUT2D eigenvalue weighted by Gasteiger charge is -2.33. The minimum Gasteiger partial charge on any atom is -0.469 e. The summed E-state index contributed by atoms with van der Waals surface area (Å²) in [7, 11) is 3.22. The van der Waals surface area contributed by atoms with E-state index >= 15 is 0 Å². The highest BCUT2D eigenvalue weighted by Crippen LogP contribution is 2.19. The third-order valence-corrected chi connectivity index (χ3v) is 4.67. The molecule has 0 saturated carbocycles. The molecule has 0 bridgehead atoms. The normalized spacial score (nSPS) is 15.2. The van der Waals surface area contributed by atoms with Gasteiger partial charge in [-0.15, -0.1) is 24.0 Å². The number of benzene rings is 1. The molecule has 27 heavy (non-hydrogen) atoms. The SMILES string of the molecule is CN=C(NCc1ncc(-c2ccccc2)[nH]1)N1CCC(C(=O)OC)CC1.I. The number of H-pyrrole nitrogens is 1. The number of carbonyl (C=O) groups excluding carboxylic acids is 1. The van der Waals surface area contributed by atoms with Crippen LogP contribution in [0, 0.1) is 5.92 Å². The van der Waals surface area contributed by atoms with E-state index in [4.69, 9.17) is 4.74 Å². The smallest absolute Gasteiger partial charge is 0.308 e. The fourth-order valence-electron chi connectivity index (χ4n) is 3.21. The Morgan fingerprint density at radius 1 is 1.33 bits per heavy atom. The number of aliphatic imine (C=N–C) groups is 1. The highest BCUT2D eigenvalue weighted by molar-refractivity contribution is 14.0. The molecule has 2 N–H and O–H groups in total. The molecule has 1 saturated heterocycles. The van der Waals surface area contributed by atoms with E-state index in [0.29, 0.717) is 6.54 Å². The lowest BCUT2D eigenvalue weighted by molar-refractivity contribution is -0.146. The number of halogens is 1. The van der Waals surface area contributed by atoms with Crippen molar-refractivity contribution in [3.05, 3.63) is 42.4 Å². The third-order valence-electron chi connectivity index (χ3n) is 4.67. The van der Waals surface area contributed by atoms with Crippen molar-refractivity contribution in [3.8, 4) is 11.3 Å². The van der Waals surface area contributed by atoms with Gasteiger partial charge in [0.25, 0.3) is 0 Å². The number of nitrogens with one attached hydrogen (secondary N) is 2. The molecule has 8 heteroatoms. The zero-order valence-corrected chi connectivity index (χ0v) is 18.0. The van der Waals surface area contributed by atoms with Gasteiger partial charge in [0.15, 0.2) is 5.96 Å². The van der Waals surface area contributed by atoms with Crippen molar-refractivity contribution in [2.45, 2.75) is 19.4 Å². The average molecular weight is 483 g/mol. The van der Waals surface area contributed by atoms with E-state index in [2.05, 4.69) is 37.3 Å². The molecule has 1 aliphatic rings. The number of aromatic nitrogens is 2. The number of hydrogen-bond donors (Lipinski definition) is 2. The van der Waals surface area contributed by atoms with Crippen LogP contribution in [0.15, 0.2) is 41.5 Å². The minimum atomic E-state index is -0.114. The molecule has 146 valence electrons. The summed E-state index contributed by atoms with van der Waals surface area (Å²) in [5, 5.41) is 3.34. The zero-order chi connectivity index (χ0) is 18.4. The van der Waals surface area contributed by atoms with Crippen molar-refractivity contribution in [1.29, 1.82) is 0 Å². The number of aromatic amines is 1. The second-order valence-corrected chi connectivity index (χ2v) is 6.29. The molecule has 0 aliphatic carbocycles. The number of hydrogen-bond acceptors (Lipinski definition) is 4. The van der Waals surface area contributed by atoms with E-state index in [1.165, 1.54) is 7.11 Å². The van der Waals surface area contributed by atoms with Crippen LogP contribution in [0.2, 0.25) is 0 Å². The lowest BCUT2D eigenvalue weighted by atomic mass is 9.97. The molecule has 1 fully saturated rings. The van der Waals surface area contributed by atoms with Crippen molar-refractivity contribution in [1.82, 2.24) is 20.2 Å². The minimum absolute atomic E-state index is 0. The van der Waals surface area contributed by atoms with Crippen LogP contribution in [0.5, 0.6) is 0 Å². The Balaban J connectivity index is 0.00000261. The first kappa shape index (κ1) is 21.2. The first-order chi connectivity index (χ1) is 12.7. The maximum absolute atomic E-state index is 11.6. The van der Waals surface area contributed by atoms with E-state index < -0.39 is 0 Å². The van der Waals surface area contributed by atoms with Gasteiger partial charge < -0.3 is 19.9 Å². The number of carbonyl (C=O) groups is 1. The first-order valence-corrected chi connectivity index (χ1v) is 8.84. The van der Waals surface area contributed by atoms with Crippen LogP contribution in [-0.2, 0) is 16.1 Å².